The molecule has 188 valence electrons. The number of rotatable bonds is 9. The molecule has 4 aromatic rings. The van der Waals surface area contributed by atoms with Gasteiger partial charge < -0.3 is 4.74 Å². The predicted octanol–water partition coefficient (Wildman–Crippen LogP) is 5.06. The average Bonchev–Trinajstić information content (AvgIpc) is 3.32. The van der Waals surface area contributed by atoms with Crippen LogP contribution in [0.1, 0.15) is 11.1 Å². The van der Waals surface area contributed by atoms with E-state index in [4.69, 9.17) is 16.3 Å². The number of nitro benzene ring substituents is 1. The van der Waals surface area contributed by atoms with Crippen LogP contribution in [0, 0.1) is 17.0 Å². The number of hydrogen-bond donors (Lipinski definition) is 1. The number of halogens is 1. The van der Waals surface area contributed by atoms with Gasteiger partial charge in [0.2, 0.25) is 0 Å². The normalized spacial score (nSPS) is 11.0. The molecule has 0 saturated carbocycles. The minimum Gasteiger partial charge on any atom is -0.497 e. The van der Waals surface area contributed by atoms with Crippen molar-refractivity contribution in [1.82, 2.24) is 20.2 Å². The van der Waals surface area contributed by atoms with Crippen LogP contribution in [0.3, 0.4) is 0 Å². The fraction of sp³-hybridized carbons (Fsp3) is 0.120. The molecule has 0 spiro atoms. The summed E-state index contributed by atoms with van der Waals surface area (Å²) in [6.45, 7) is 2.01. The first-order valence-electron chi connectivity index (χ1n) is 10.9. The van der Waals surface area contributed by atoms with Crippen molar-refractivity contribution in [3.05, 3.63) is 93.0 Å². The lowest BCUT2D eigenvalue weighted by atomic mass is 10.1. The highest BCUT2D eigenvalue weighted by Crippen LogP contribution is 2.29. The SMILES string of the molecule is COc1ccc(-n2c(SCC(=O)NN=Cc3cc([N+](=O)[O-])ccc3Cl)nnc2-c2ccc(C)cc2)cc1. The maximum Gasteiger partial charge on any atom is 0.270 e. The molecular formula is C25H21ClN6O4S. The highest BCUT2D eigenvalue weighted by atomic mass is 35.5. The van der Waals surface area contributed by atoms with Gasteiger partial charge in [0.05, 0.1) is 24.0 Å². The lowest BCUT2D eigenvalue weighted by Gasteiger charge is -2.11. The maximum absolute atomic E-state index is 12.5. The highest BCUT2D eigenvalue weighted by molar-refractivity contribution is 7.99. The van der Waals surface area contributed by atoms with Gasteiger partial charge in [0.15, 0.2) is 11.0 Å². The molecule has 0 aliphatic rings. The average molecular weight is 537 g/mol. The fourth-order valence-electron chi connectivity index (χ4n) is 3.30. The molecule has 1 amide bonds. The maximum atomic E-state index is 12.5. The summed E-state index contributed by atoms with van der Waals surface area (Å²) < 4.78 is 7.13. The van der Waals surface area contributed by atoms with Crippen molar-refractivity contribution in [1.29, 1.82) is 0 Å². The van der Waals surface area contributed by atoms with E-state index in [1.807, 2.05) is 60.0 Å². The van der Waals surface area contributed by atoms with Gasteiger partial charge in [0.25, 0.3) is 11.6 Å². The van der Waals surface area contributed by atoms with Crippen molar-refractivity contribution >= 4 is 41.2 Å². The van der Waals surface area contributed by atoms with E-state index < -0.39 is 10.8 Å². The first-order chi connectivity index (χ1) is 17.9. The summed E-state index contributed by atoms with van der Waals surface area (Å²) in [5, 5.41) is 24.3. The van der Waals surface area contributed by atoms with E-state index in [-0.39, 0.29) is 16.5 Å². The Morgan fingerprint density at radius 1 is 1.16 bits per heavy atom. The number of hydrazone groups is 1. The van der Waals surface area contributed by atoms with E-state index in [1.54, 1.807) is 7.11 Å². The van der Waals surface area contributed by atoms with Gasteiger partial charge >= 0.3 is 0 Å². The second-order valence-electron chi connectivity index (χ2n) is 7.75. The Balaban J connectivity index is 1.51. The van der Waals surface area contributed by atoms with Gasteiger partial charge in [0.1, 0.15) is 5.75 Å². The van der Waals surface area contributed by atoms with Crippen LogP contribution in [0.15, 0.2) is 77.0 Å². The molecule has 4 rings (SSSR count). The van der Waals surface area contributed by atoms with Gasteiger partial charge in [-0.3, -0.25) is 19.5 Å². The topological polar surface area (TPSA) is 125 Å². The number of aryl methyl sites for hydroxylation is 1. The Labute approximate surface area is 221 Å². The van der Waals surface area contributed by atoms with Gasteiger partial charge in [-0.05, 0) is 37.3 Å². The molecule has 1 heterocycles. The zero-order valence-corrected chi connectivity index (χ0v) is 21.4. The smallest absolute Gasteiger partial charge is 0.270 e. The summed E-state index contributed by atoms with van der Waals surface area (Å²) in [6, 6.07) is 19.3. The molecule has 10 nitrogen and oxygen atoms in total. The molecule has 12 heteroatoms. The van der Waals surface area contributed by atoms with Crippen molar-refractivity contribution in [2.45, 2.75) is 12.1 Å². The van der Waals surface area contributed by atoms with Crippen LogP contribution in [0.5, 0.6) is 5.75 Å². The molecule has 0 aliphatic carbocycles. The zero-order valence-electron chi connectivity index (χ0n) is 19.8. The largest absolute Gasteiger partial charge is 0.497 e. The summed E-state index contributed by atoms with van der Waals surface area (Å²) >= 11 is 7.25. The molecule has 1 N–H and O–H groups in total. The van der Waals surface area contributed by atoms with E-state index in [2.05, 4.69) is 20.7 Å². The summed E-state index contributed by atoms with van der Waals surface area (Å²) in [6.07, 6.45) is 1.26. The van der Waals surface area contributed by atoms with Gasteiger partial charge in [-0.25, -0.2) is 5.43 Å². The van der Waals surface area contributed by atoms with Crippen LogP contribution < -0.4 is 10.2 Å². The molecular weight excluding hydrogens is 516 g/mol. The Kier molecular flexibility index (Phi) is 8.16. The number of non-ortho nitro benzene ring substituents is 1. The van der Waals surface area contributed by atoms with Gasteiger partial charge in [0, 0.05) is 34.0 Å². The lowest BCUT2D eigenvalue weighted by molar-refractivity contribution is -0.384. The first-order valence-corrected chi connectivity index (χ1v) is 12.3. The summed E-state index contributed by atoms with van der Waals surface area (Å²) in [4.78, 5) is 22.9. The monoisotopic (exact) mass is 536 g/mol. The molecule has 0 unspecified atom stereocenters. The van der Waals surface area contributed by atoms with Crippen molar-refractivity contribution in [2.75, 3.05) is 12.9 Å². The number of nitrogens with one attached hydrogen (secondary N) is 1. The quantitative estimate of drug-likeness (QED) is 0.137. The minimum absolute atomic E-state index is 0.00218. The number of aromatic nitrogens is 3. The molecule has 0 radical (unpaired) electrons. The molecule has 3 aromatic carbocycles. The standard InChI is InChI=1S/C25H21ClN6O4S/c1-16-3-5-17(6-4-16)24-29-30-25(31(24)19-7-10-21(36-2)11-8-19)37-15-23(33)28-27-14-18-13-20(32(34)35)9-12-22(18)26/h3-14H,15H2,1-2H3,(H,28,33). The fourth-order valence-corrected chi connectivity index (χ4v) is 4.21. The number of carbonyl (C=O) groups excluding carboxylic acids is 1. The van der Waals surface area contributed by atoms with Crippen LogP contribution in [0.25, 0.3) is 17.1 Å². The Hall–Kier alpha value is -4.22. The third kappa shape index (κ3) is 6.32. The Bertz CT molecular complexity index is 1460. The number of methoxy groups -OCH3 is 1. The van der Waals surface area contributed by atoms with Gasteiger partial charge in [-0.2, -0.15) is 5.10 Å². The first kappa shape index (κ1) is 25.9. The lowest BCUT2D eigenvalue weighted by Crippen LogP contribution is -2.20. The van der Waals surface area contributed by atoms with Crippen LogP contribution in [0.2, 0.25) is 5.02 Å². The number of hydrogen-bond acceptors (Lipinski definition) is 8. The summed E-state index contributed by atoms with van der Waals surface area (Å²) in [5.74, 6) is 0.946. The molecule has 0 atom stereocenters. The summed E-state index contributed by atoms with van der Waals surface area (Å²) in [5.41, 5.74) is 5.39. The predicted molar refractivity (Wildman–Crippen MR) is 143 cm³/mol. The van der Waals surface area contributed by atoms with E-state index in [1.165, 1.54) is 36.2 Å². The molecule has 0 saturated heterocycles. The van der Waals surface area contributed by atoms with Crippen LogP contribution >= 0.6 is 23.4 Å². The minimum atomic E-state index is -0.535. The van der Waals surface area contributed by atoms with E-state index in [0.717, 1.165) is 16.8 Å². The third-order valence-electron chi connectivity index (χ3n) is 5.19. The van der Waals surface area contributed by atoms with Crippen molar-refractivity contribution < 1.29 is 14.5 Å². The molecule has 0 aliphatic heterocycles. The number of nitro groups is 1. The summed E-state index contributed by atoms with van der Waals surface area (Å²) in [7, 11) is 1.60. The number of thioether (sulfide) groups is 1. The number of benzene rings is 3. The zero-order chi connectivity index (χ0) is 26.4. The molecule has 1 aromatic heterocycles. The van der Waals surface area contributed by atoms with Gasteiger partial charge in [-0.1, -0.05) is 53.2 Å². The second-order valence-corrected chi connectivity index (χ2v) is 9.10. The van der Waals surface area contributed by atoms with E-state index in [0.29, 0.717) is 22.3 Å². The molecule has 0 fully saturated rings. The Morgan fingerprint density at radius 2 is 1.89 bits per heavy atom. The number of nitrogens with zero attached hydrogens (tertiary/aromatic N) is 5. The number of ether oxygens (including phenoxy) is 1. The second kappa shape index (κ2) is 11.7. The highest BCUT2D eigenvalue weighted by Gasteiger charge is 2.17. The van der Waals surface area contributed by atoms with Gasteiger partial charge in [-0.15, -0.1) is 10.2 Å². The number of carbonyl (C=O) groups is 1. The third-order valence-corrected chi connectivity index (χ3v) is 6.46. The van der Waals surface area contributed by atoms with Crippen LogP contribution in [0.4, 0.5) is 5.69 Å². The van der Waals surface area contributed by atoms with Crippen molar-refractivity contribution in [3.8, 4) is 22.8 Å². The van der Waals surface area contributed by atoms with Crippen molar-refractivity contribution in [2.24, 2.45) is 5.10 Å². The molecule has 0 bridgehead atoms. The molecule has 37 heavy (non-hydrogen) atoms. The van der Waals surface area contributed by atoms with Crippen LogP contribution in [-0.4, -0.2) is 44.7 Å². The van der Waals surface area contributed by atoms with E-state index >= 15 is 0 Å². The van der Waals surface area contributed by atoms with E-state index in [9.17, 15) is 14.9 Å². The van der Waals surface area contributed by atoms with Crippen LogP contribution in [-0.2, 0) is 4.79 Å². The van der Waals surface area contributed by atoms with Crippen molar-refractivity contribution in [3.63, 3.8) is 0 Å². The number of amides is 1. The Morgan fingerprint density at radius 3 is 2.57 bits per heavy atom.